The van der Waals surface area contributed by atoms with Crippen LogP contribution in [0.5, 0.6) is 0 Å². The van der Waals surface area contributed by atoms with E-state index in [1.165, 1.54) is 6.20 Å². The van der Waals surface area contributed by atoms with Crippen LogP contribution in [0.2, 0.25) is 10.0 Å². The number of nitriles is 1. The van der Waals surface area contributed by atoms with Gasteiger partial charge in [0.1, 0.15) is 11.6 Å². The number of hydrogen-bond donors (Lipinski definition) is 2. The van der Waals surface area contributed by atoms with Gasteiger partial charge in [0.25, 0.3) is 5.91 Å². The summed E-state index contributed by atoms with van der Waals surface area (Å²) in [5.74, 6) is -0.515. The van der Waals surface area contributed by atoms with Gasteiger partial charge in [0.2, 0.25) is 0 Å². The second-order valence-electron chi connectivity index (χ2n) is 4.73. The monoisotopic (exact) mass is 345 g/mol. The summed E-state index contributed by atoms with van der Waals surface area (Å²) < 4.78 is 0. The summed E-state index contributed by atoms with van der Waals surface area (Å²) in [6.07, 6.45) is 1.35. The molecule has 116 valence electrons. The Morgan fingerprint density at radius 2 is 1.78 bits per heavy atom. The van der Waals surface area contributed by atoms with Crippen LogP contribution in [0.4, 0.5) is 11.4 Å². The molecule has 0 aliphatic carbocycles. The number of halogens is 2. The van der Waals surface area contributed by atoms with Gasteiger partial charge in [0, 0.05) is 27.6 Å². The predicted octanol–water partition coefficient (Wildman–Crippen LogP) is 4.76. The highest BCUT2D eigenvalue weighted by atomic mass is 35.5. The van der Waals surface area contributed by atoms with Gasteiger partial charge in [-0.05, 0) is 48.9 Å². The summed E-state index contributed by atoms with van der Waals surface area (Å²) in [5, 5.41) is 15.8. The van der Waals surface area contributed by atoms with Crippen molar-refractivity contribution in [1.29, 1.82) is 5.26 Å². The Morgan fingerprint density at radius 3 is 2.43 bits per heavy atom. The molecule has 0 unspecified atom stereocenters. The summed E-state index contributed by atoms with van der Waals surface area (Å²) in [5.41, 5.74) is 2.08. The highest BCUT2D eigenvalue weighted by molar-refractivity contribution is 6.31. The lowest BCUT2D eigenvalue weighted by Gasteiger charge is -2.08. The molecule has 0 fully saturated rings. The lowest BCUT2D eigenvalue weighted by atomic mass is 10.2. The van der Waals surface area contributed by atoms with E-state index in [9.17, 15) is 4.79 Å². The molecule has 2 rings (SSSR count). The number of aryl methyl sites for hydroxylation is 1. The molecule has 0 saturated heterocycles. The van der Waals surface area contributed by atoms with Crippen molar-refractivity contribution in [3.63, 3.8) is 0 Å². The normalized spacial score (nSPS) is 10.8. The van der Waals surface area contributed by atoms with Crippen LogP contribution in [-0.4, -0.2) is 5.91 Å². The van der Waals surface area contributed by atoms with Gasteiger partial charge in [-0.3, -0.25) is 4.79 Å². The van der Waals surface area contributed by atoms with Crippen LogP contribution in [0.3, 0.4) is 0 Å². The number of carbonyl (C=O) groups excluding carboxylic acids is 1. The van der Waals surface area contributed by atoms with Crippen LogP contribution in [0.1, 0.15) is 5.56 Å². The molecule has 0 bridgehead atoms. The Labute approximate surface area is 144 Å². The van der Waals surface area contributed by atoms with E-state index in [0.29, 0.717) is 21.4 Å². The molecule has 0 aromatic heterocycles. The van der Waals surface area contributed by atoms with E-state index < -0.39 is 5.91 Å². The van der Waals surface area contributed by atoms with Crippen LogP contribution in [0.25, 0.3) is 0 Å². The molecular weight excluding hydrogens is 333 g/mol. The standard InChI is InChI=1S/C17H13Cl2N3O/c1-11-2-3-14(19)8-16(11)22-17(23)12(9-20)10-21-15-6-4-13(18)5-7-15/h2-8,10,21H,1H3,(H,22,23)/b12-10-. The minimum atomic E-state index is -0.515. The summed E-state index contributed by atoms with van der Waals surface area (Å²) in [7, 11) is 0. The third-order valence-electron chi connectivity index (χ3n) is 3.04. The van der Waals surface area contributed by atoms with Gasteiger partial charge in [-0.1, -0.05) is 29.3 Å². The first-order valence-corrected chi connectivity index (χ1v) is 7.45. The first-order chi connectivity index (χ1) is 11.0. The zero-order chi connectivity index (χ0) is 16.8. The van der Waals surface area contributed by atoms with E-state index in [2.05, 4.69) is 10.6 Å². The van der Waals surface area contributed by atoms with Crippen molar-refractivity contribution in [1.82, 2.24) is 0 Å². The number of amides is 1. The van der Waals surface area contributed by atoms with E-state index in [4.69, 9.17) is 28.5 Å². The summed E-state index contributed by atoms with van der Waals surface area (Å²) >= 11 is 11.7. The molecule has 0 atom stereocenters. The Bertz CT molecular complexity index is 792. The summed E-state index contributed by atoms with van der Waals surface area (Å²) in [6.45, 7) is 1.84. The summed E-state index contributed by atoms with van der Waals surface area (Å²) in [6, 6.07) is 13.9. The summed E-state index contributed by atoms with van der Waals surface area (Å²) in [4.78, 5) is 12.2. The third kappa shape index (κ3) is 4.75. The molecule has 0 saturated carbocycles. The SMILES string of the molecule is Cc1ccc(Cl)cc1NC(=O)/C(C#N)=C\Nc1ccc(Cl)cc1. The van der Waals surface area contributed by atoms with Gasteiger partial charge in [0.15, 0.2) is 0 Å². The molecule has 0 aliphatic heterocycles. The zero-order valence-corrected chi connectivity index (χ0v) is 13.7. The van der Waals surface area contributed by atoms with Gasteiger partial charge in [-0.2, -0.15) is 5.26 Å². The Balaban J connectivity index is 2.12. The van der Waals surface area contributed by atoms with Gasteiger partial charge >= 0.3 is 0 Å². The maximum Gasteiger partial charge on any atom is 0.267 e. The van der Waals surface area contributed by atoms with Crippen LogP contribution >= 0.6 is 23.2 Å². The quantitative estimate of drug-likeness (QED) is 0.620. The number of rotatable bonds is 4. The first-order valence-electron chi connectivity index (χ1n) is 6.69. The van der Waals surface area contributed by atoms with Gasteiger partial charge in [-0.15, -0.1) is 0 Å². The average Bonchev–Trinajstić information content (AvgIpc) is 2.53. The number of benzene rings is 2. The molecule has 0 heterocycles. The van der Waals surface area contributed by atoms with E-state index in [-0.39, 0.29) is 5.57 Å². The second kappa shape index (κ2) is 7.68. The number of nitrogens with zero attached hydrogens (tertiary/aromatic N) is 1. The molecule has 6 heteroatoms. The lowest BCUT2D eigenvalue weighted by Crippen LogP contribution is -2.15. The molecule has 0 radical (unpaired) electrons. The fraction of sp³-hybridized carbons (Fsp3) is 0.0588. The van der Waals surface area contributed by atoms with Crippen LogP contribution in [0.15, 0.2) is 54.2 Å². The smallest absolute Gasteiger partial charge is 0.267 e. The third-order valence-corrected chi connectivity index (χ3v) is 3.53. The van der Waals surface area contributed by atoms with Crippen LogP contribution in [-0.2, 0) is 4.79 Å². The van der Waals surface area contributed by atoms with Gasteiger partial charge in [0.05, 0.1) is 0 Å². The van der Waals surface area contributed by atoms with Crippen molar-refractivity contribution in [2.45, 2.75) is 6.92 Å². The Kier molecular flexibility index (Phi) is 5.64. The van der Waals surface area contributed by atoms with Crippen molar-refractivity contribution in [2.24, 2.45) is 0 Å². The predicted molar refractivity (Wildman–Crippen MR) is 93.6 cm³/mol. The molecule has 2 aromatic carbocycles. The first kappa shape index (κ1) is 16.9. The van der Waals surface area contributed by atoms with Gasteiger partial charge < -0.3 is 10.6 Å². The average molecular weight is 346 g/mol. The topological polar surface area (TPSA) is 64.9 Å². The highest BCUT2D eigenvalue weighted by Crippen LogP contribution is 2.21. The van der Waals surface area contributed by atoms with Crippen LogP contribution in [0, 0.1) is 18.3 Å². The molecule has 4 nitrogen and oxygen atoms in total. The molecule has 0 aliphatic rings. The van der Waals surface area contributed by atoms with Gasteiger partial charge in [-0.25, -0.2) is 0 Å². The molecule has 0 spiro atoms. The van der Waals surface area contributed by atoms with Crippen molar-refractivity contribution in [2.75, 3.05) is 10.6 Å². The maximum atomic E-state index is 12.2. The minimum absolute atomic E-state index is 0.0562. The zero-order valence-electron chi connectivity index (χ0n) is 12.2. The second-order valence-corrected chi connectivity index (χ2v) is 5.61. The fourth-order valence-corrected chi connectivity index (χ4v) is 2.07. The molecule has 2 N–H and O–H groups in total. The van der Waals surface area contributed by atoms with Crippen molar-refractivity contribution < 1.29 is 4.79 Å². The minimum Gasteiger partial charge on any atom is -0.360 e. The maximum absolute atomic E-state index is 12.2. The van der Waals surface area contributed by atoms with E-state index in [0.717, 1.165) is 5.56 Å². The fourth-order valence-electron chi connectivity index (χ4n) is 1.77. The molecular formula is C17H13Cl2N3O. The number of anilines is 2. The van der Waals surface area contributed by atoms with Crippen molar-refractivity contribution in [3.8, 4) is 6.07 Å². The Morgan fingerprint density at radius 1 is 1.13 bits per heavy atom. The molecule has 23 heavy (non-hydrogen) atoms. The largest absolute Gasteiger partial charge is 0.360 e. The number of hydrogen-bond acceptors (Lipinski definition) is 3. The highest BCUT2D eigenvalue weighted by Gasteiger charge is 2.11. The van der Waals surface area contributed by atoms with Crippen molar-refractivity contribution >= 4 is 40.5 Å². The van der Waals surface area contributed by atoms with E-state index in [1.807, 2.05) is 13.0 Å². The van der Waals surface area contributed by atoms with Crippen molar-refractivity contribution in [3.05, 3.63) is 69.8 Å². The van der Waals surface area contributed by atoms with E-state index >= 15 is 0 Å². The Hall–Kier alpha value is -2.48. The number of nitrogens with one attached hydrogen (secondary N) is 2. The molecule has 2 aromatic rings. The van der Waals surface area contributed by atoms with Crippen LogP contribution < -0.4 is 10.6 Å². The molecule has 1 amide bonds. The lowest BCUT2D eigenvalue weighted by molar-refractivity contribution is -0.112. The number of carbonyl (C=O) groups is 1. The van der Waals surface area contributed by atoms with E-state index in [1.54, 1.807) is 42.5 Å².